The van der Waals surface area contributed by atoms with Crippen LogP contribution in [0.4, 0.5) is 13.2 Å². The number of aliphatic hydroxyl groups is 2. The molecular weight excluding hydrogens is 413 g/mol. The number of halogens is 3. The maximum absolute atomic E-state index is 13.1. The van der Waals surface area contributed by atoms with Crippen LogP contribution < -0.4 is 0 Å². The van der Waals surface area contributed by atoms with E-state index in [9.17, 15) is 23.4 Å². The average Bonchev–Trinajstić information content (AvgIpc) is 3.03. The predicted octanol–water partition coefficient (Wildman–Crippen LogP) is 7.44. The van der Waals surface area contributed by atoms with Crippen LogP contribution in [-0.2, 0) is 0 Å². The van der Waals surface area contributed by atoms with Crippen molar-refractivity contribution in [2.24, 2.45) is 35.0 Å². The molecule has 0 saturated heterocycles. The van der Waals surface area contributed by atoms with Gasteiger partial charge >= 0.3 is 6.18 Å². The van der Waals surface area contributed by atoms with Crippen molar-refractivity contribution in [3.8, 4) is 0 Å². The molecule has 3 aliphatic rings. The molecule has 5 heteroatoms. The summed E-state index contributed by atoms with van der Waals surface area (Å²) in [6.45, 7) is 9.60. The fourth-order valence-electron chi connectivity index (χ4n) is 7.57. The second-order valence-corrected chi connectivity index (χ2v) is 12.3. The molecule has 3 aliphatic carbocycles. The van der Waals surface area contributed by atoms with Gasteiger partial charge in [-0.25, -0.2) is 0 Å². The molecule has 0 aromatic rings. The summed E-state index contributed by atoms with van der Waals surface area (Å²) in [5, 5.41) is 20.5. The molecule has 0 aromatic carbocycles. The first-order valence-electron chi connectivity index (χ1n) is 12.9. The summed E-state index contributed by atoms with van der Waals surface area (Å²) < 4.78 is 39.3. The molecule has 0 bridgehead atoms. The first kappa shape index (κ1) is 26.1. The first-order valence-corrected chi connectivity index (χ1v) is 12.9. The Balaban J connectivity index is 1.77. The summed E-state index contributed by atoms with van der Waals surface area (Å²) in [6, 6.07) is 0. The third-order valence-corrected chi connectivity index (χ3v) is 9.85. The van der Waals surface area contributed by atoms with E-state index in [1.54, 1.807) is 6.08 Å². The molecule has 0 aliphatic heterocycles. The van der Waals surface area contributed by atoms with Gasteiger partial charge in [-0.15, -0.1) is 0 Å². The number of allylic oxidation sites excluding steroid dienone is 1. The van der Waals surface area contributed by atoms with Gasteiger partial charge in [0.1, 0.15) is 0 Å². The molecule has 186 valence electrons. The summed E-state index contributed by atoms with van der Waals surface area (Å²) in [6.07, 6.45) is 7.47. The lowest BCUT2D eigenvalue weighted by Crippen LogP contribution is -2.44. The highest BCUT2D eigenvalue weighted by Gasteiger charge is 2.55. The highest BCUT2D eigenvalue weighted by Crippen LogP contribution is 2.63. The van der Waals surface area contributed by atoms with Crippen LogP contribution in [0.2, 0.25) is 0 Å². The van der Waals surface area contributed by atoms with Gasteiger partial charge in [-0.05, 0) is 107 Å². The second kappa shape index (κ2) is 9.24. The first-order chi connectivity index (χ1) is 14.7. The fourth-order valence-corrected chi connectivity index (χ4v) is 7.57. The summed E-state index contributed by atoms with van der Waals surface area (Å²) in [7, 11) is 0. The lowest BCUT2D eigenvalue weighted by molar-refractivity contribution is -0.251. The van der Waals surface area contributed by atoms with Gasteiger partial charge in [-0.3, -0.25) is 0 Å². The Bertz CT molecular complexity index is 681. The normalized spacial score (nSPS) is 43.8. The van der Waals surface area contributed by atoms with E-state index in [2.05, 4.69) is 13.8 Å². The predicted molar refractivity (Wildman–Crippen MR) is 123 cm³/mol. The van der Waals surface area contributed by atoms with E-state index in [0.717, 1.165) is 63.9 Å². The Labute approximate surface area is 193 Å². The Morgan fingerprint density at radius 3 is 2.31 bits per heavy atom. The molecule has 8 unspecified atom stereocenters. The van der Waals surface area contributed by atoms with Gasteiger partial charge < -0.3 is 10.2 Å². The van der Waals surface area contributed by atoms with Crippen LogP contribution >= 0.6 is 0 Å². The molecule has 0 amide bonds. The lowest BCUT2D eigenvalue weighted by atomic mass is 9.54. The molecule has 0 radical (unpaired) electrons. The van der Waals surface area contributed by atoms with Crippen molar-refractivity contribution in [3.05, 3.63) is 11.6 Å². The minimum absolute atomic E-state index is 0.140. The van der Waals surface area contributed by atoms with Crippen LogP contribution in [0.3, 0.4) is 0 Å². The van der Waals surface area contributed by atoms with Crippen molar-refractivity contribution in [1.82, 2.24) is 0 Å². The van der Waals surface area contributed by atoms with E-state index in [-0.39, 0.29) is 11.8 Å². The van der Waals surface area contributed by atoms with Gasteiger partial charge in [0.05, 0.1) is 5.60 Å². The molecule has 3 fully saturated rings. The number of fused-ring (bicyclic) bond motifs is 3. The summed E-state index contributed by atoms with van der Waals surface area (Å²) >= 11 is 0. The minimum Gasteiger partial charge on any atom is -0.390 e. The van der Waals surface area contributed by atoms with Crippen LogP contribution in [0.1, 0.15) is 105 Å². The topological polar surface area (TPSA) is 40.5 Å². The average molecular weight is 459 g/mol. The molecule has 0 aromatic heterocycles. The Morgan fingerprint density at radius 1 is 0.969 bits per heavy atom. The van der Waals surface area contributed by atoms with E-state index in [0.29, 0.717) is 29.6 Å². The van der Waals surface area contributed by atoms with Gasteiger partial charge in [0.25, 0.3) is 0 Å². The molecule has 0 heterocycles. The standard InChI is InChI=1S/C27H45F3O2/c1-18-11-15-24(3,31)14-7-6-8-21-20(18)13-16-25(4)22(9-10-23(21)25)19(2)12-17-26(5,32)27(28,29)30/h12,18,20-23,31-32H,6-11,13-17H2,1-5H3. The third kappa shape index (κ3) is 5.24. The zero-order valence-corrected chi connectivity index (χ0v) is 20.8. The van der Waals surface area contributed by atoms with Crippen molar-refractivity contribution in [2.75, 3.05) is 0 Å². The summed E-state index contributed by atoms with van der Waals surface area (Å²) in [5.74, 6) is 2.91. The molecule has 8 atom stereocenters. The van der Waals surface area contributed by atoms with E-state index in [1.165, 1.54) is 12.8 Å². The van der Waals surface area contributed by atoms with E-state index in [4.69, 9.17) is 0 Å². The van der Waals surface area contributed by atoms with Crippen molar-refractivity contribution in [1.29, 1.82) is 0 Å². The molecular formula is C27H45F3O2. The summed E-state index contributed by atoms with van der Waals surface area (Å²) in [5.41, 5.74) is -2.04. The Morgan fingerprint density at radius 2 is 1.66 bits per heavy atom. The molecule has 2 N–H and O–H groups in total. The van der Waals surface area contributed by atoms with Gasteiger partial charge in [-0.2, -0.15) is 13.2 Å². The lowest BCUT2D eigenvalue weighted by Gasteiger charge is -2.51. The number of hydrogen-bond acceptors (Lipinski definition) is 2. The highest BCUT2D eigenvalue weighted by molar-refractivity contribution is 5.16. The second-order valence-electron chi connectivity index (χ2n) is 12.3. The maximum Gasteiger partial charge on any atom is 0.417 e. The molecule has 2 nitrogen and oxygen atoms in total. The quantitative estimate of drug-likeness (QED) is 0.432. The van der Waals surface area contributed by atoms with Crippen LogP contribution in [0, 0.1) is 35.0 Å². The minimum atomic E-state index is -4.61. The van der Waals surface area contributed by atoms with E-state index >= 15 is 0 Å². The third-order valence-electron chi connectivity index (χ3n) is 9.85. The number of alkyl halides is 3. The fraction of sp³-hybridized carbons (Fsp3) is 0.926. The zero-order chi connectivity index (χ0) is 23.9. The van der Waals surface area contributed by atoms with Gasteiger partial charge in [0, 0.05) is 6.42 Å². The van der Waals surface area contributed by atoms with Crippen LogP contribution in [0.25, 0.3) is 0 Å². The smallest absolute Gasteiger partial charge is 0.390 e. The number of rotatable bonds is 3. The summed E-state index contributed by atoms with van der Waals surface area (Å²) in [4.78, 5) is 0. The van der Waals surface area contributed by atoms with Crippen molar-refractivity contribution < 1.29 is 23.4 Å². The Kier molecular flexibility index (Phi) is 7.53. The van der Waals surface area contributed by atoms with Gasteiger partial charge in [0.2, 0.25) is 0 Å². The molecule has 3 rings (SSSR count). The molecule has 0 spiro atoms. The van der Waals surface area contributed by atoms with E-state index < -0.39 is 17.4 Å². The monoisotopic (exact) mass is 458 g/mol. The van der Waals surface area contributed by atoms with Crippen LogP contribution in [0.5, 0.6) is 0 Å². The van der Waals surface area contributed by atoms with E-state index in [1.807, 2.05) is 13.8 Å². The SMILES string of the molecule is CC(=CCC(C)(O)C(F)(F)F)C1CCC2C3CCCCC(C)(O)CCC(C)C3CCC12C. The molecule has 32 heavy (non-hydrogen) atoms. The highest BCUT2D eigenvalue weighted by atomic mass is 19.4. The van der Waals surface area contributed by atoms with Crippen LogP contribution in [-0.4, -0.2) is 27.6 Å². The van der Waals surface area contributed by atoms with Gasteiger partial charge in [0.15, 0.2) is 5.60 Å². The number of hydrogen-bond donors (Lipinski definition) is 2. The van der Waals surface area contributed by atoms with Crippen molar-refractivity contribution >= 4 is 0 Å². The van der Waals surface area contributed by atoms with Crippen molar-refractivity contribution in [3.63, 3.8) is 0 Å². The molecule has 3 saturated carbocycles. The zero-order valence-electron chi connectivity index (χ0n) is 20.8. The largest absolute Gasteiger partial charge is 0.417 e. The Hall–Kier alpha value is -0.550. The van der Waals surface area contributed by atoms with Crippen molar-refractivity contribution in [2.45, 2.75) is 123 Å². The van der Waals surface area contributed by atoms with Gasteiger partial charge in [-0.1, -0.05) is 38.3 Å². The van der Waals surface area contributed by atoms with Crippen LogP contribution in [0.15, 0.2) is 11.6 Å². The maximum atomic E-state index is 13.1.